The fourth-order valence-electron chi connectivity index (χ4n) is 2.53. The summed E-state index contributed by atoms with van der Waals surface area (Å²) in [6, 6.07) is 8.87. The normalized spacial score (nSPS) is 13.5. The Morgan fingerprint density at radius 1 is 1.17 bits per heavy atom. The Morgan fingerprint density at radius 3 is 2.58 bits per heavy atom. The third-order valence-electron chi connectivity index (χ3n) is 3.58. The molecular formula is C18H20N2O4. The predicted octanol–water partition coefficient (Wildman–Crippen LogP) is 3.78. The Kier molecular flexibility index (Phi) is 4.05. The molecule has 126 valence electrons. The number of nitrogens with zero attached hydrogens (tertiary/aromatic N) is 1. The molecule has 1 aliphatic heterocycles. The van der Waals surface area contributed by atoms with Crippen LogP contribution in [0.4, 0.5) is 10.5 Å². The zero-order chi connectivity index (χ0) is 17.3. The smallest absolute Gasteiger partial charge is 0.410 e. The van der Waals surface area contributed by atoms with E-state index in [1.54, 1.807) is 17.0 Å². The van der Waals surface area contributed by atoms with Gasteiger partial charge >= 0.3 is 6.09 Å². The Hall–Kier alpha value is -2.76. The number of furan rings is 1. The highest BCUT2D eigenvalue weighted by atomic mass is 16.6. The quantitative estimate of drug-likeness (QED) is 0.910. The molecule has 6 nitrogen and oxygen atoms in total. The van der Waals surface area contributed by atoms with E-state index in [1.165, 1.54) is 6.26 Å². The van der Waals surface area contributed by atoms with Gasteiger partial charge in [0.25, 0.3) is 5.91 Å². The van der Waals surface area contributed by atoms with Crippen molar-refractivity contribution in [1.29, 1.82) is 0 Å². The summed E-state index contributed by atoms with van der Waals surface area (Å²) < 4.78 is 10.5. The van der Waals surface area contributed by atoms with Gasteiger partial charge in [-0.3, -0.25) is 9.69 Å². The average Bonchev–Trinajstić information content (AvgIpc) is 3.14. The van der Waals surface area contributed by atoms with Gasteiger partial charge < -0.3 is 14.5 Å². The molecule has 0 atom stereocenters. The van der Waals surface area contributed by atoms with Crippen molar-refractivity contribution in [3.8, 4) is 0 Å². The van der Waals surface area contributed by atoms with Crippen molar-refractivity contribution in [3.63, 3.8) is 0 Å². The molecule has 0 spiro atoms. The molecule has 0 unspecified atom stereocenters. The molecule has 1 aromatic heterocycles. The van der Waals surface area contributed by atoms with E-state index in [4.69, 9.17) is 9.15 Å². The van der Waals surface area contributed by atoms with Gasteiger partial charge in [-0.1, -0.05) is 6.07 Å². The molecule has 3 rings (SSSR count). The second-order valence-corrected chi connectivity index (χ2v) is 6.75. The maximum absolute atomic E-state index is 12.2. The van der Waals surface area contributed by atoms with E-state index in [1.807, 2.05) is 39.0 Å². The van der Waals surface area contributed by atoms with Crippen LogP contribution in [0.2, 0.25) is 0 Å². The van der Waals surface area contributed by atoms with Crippen LogP contribution in [0, 0.1) is 0 Å². The lowest BCUT2D eigenvalue weighted by Gasteiger charge is -2.24. The van der Waals surface area contributed by atoms with Crippen molar-refractivity contribution in [1.82, 2.24) is 4.90 Å². The Balaban J connectivity index is 1.68. The monoisotopic (exact) mass is 328 g/mol. The number of nitrogens with one attached hydrogen (secondary N) is 1. The third-order valence-corrected chi connectivity index (χ3v) is 3.58. The van der Waals surface area contributed by atoms with E-state index < -0.39 is 5.60 Å². The Labute approximate surface area is 140 Å². The van der Waals surface area contributed by atoms with Crippen molar-refractivity contribution in [2.24, 2.45) is 0 Å². The highest BCUT2D eigenvalue weighted by Gasteiger charge is 2.28. The fourth-order valence-corrected chi connectivity index (χ4v) is 2.53. The second-order valence-electron chi connectivity index (χ2n) is 6.75. The molecule has 0 saturated carbocycles. The van der Waals surface area contributed by atoms with Crippen LogP contribution in [-0.4, -0.2) is 22.5 Å². The summed E-state index contributed by atoms with van der Waals surface area (Å²) in [6.07, 6.45) is 1.12. The molecule has 6 heteroatoms. The molecule has 2 amide bonds. The first-order valence-electron chi connectivity index (χ1n) is 7.76. The lowest BCUT2D eigenvalue weighted by molar-refractivity contribution is 0.0241. The topological polar surface area (TPSA) is 71.8 Å². The van der Waals surface area contributed by atoms with Crippen LogP contribution >= 0.6 is 0 Å². The van der Waals surface area contributed by atoms with Gasteiger partial charge in [0.2, 0.25) is 0 Å². The van der Waals surface area contributed by atoms with Crippen molar-refractivity contribution >= 4 is 17.7 Å². The summed E-state index contributed by atoms with van der Waals surface area (Å²) in [6.45, 7) is 6.51. The van der Waals surface area contributed by atoms with Crippen LogP contribution in [0.1, 0.15) is 42.5 Å². The van der Waals surface area contributed by atoms with E-state index in [0.29, 0.717) is 18.8 Å². The lowest BCUT2D eigenvalue weighted by atomic mass is 10.1. The largest absolute Gasteiger partial charge is 0.459 e. The van der Waals surface area contributed by atoms with Gasteiger partial charge in [-0.05, 0) is 56.2 Å². The van der Waals surface area contributed by atoms with Crippen molar-refractivity contribution < 1.29 is 18.7 Å². The first-order chi connectivity index (χ1) is 11.3. The number of amides is 2. The van der Waals surface area contributed by atoms with E-state index in [2.05, 4.69) is 5.32 Å². The molecule has 0 fully saturated rings. The Morgan fingerprint density at radius 2 is 1.92 bits per heavy atom. The van der Waals surface area contributed by atoms with Gasteiger partial charge in [0.1, 0.15) is 5.60 Å². The van der Waals surface area contributed by atoms with Crippen molar-refractivity contribution in [2.75, 3.05) is 5.32 Å². The number of benzene rings is 1. The van der Waals surface area contributed by atoms with Gasteiger partial charge in [-0.25, -0.2) is 4.79 Å². The molecule has 1 aromatic carbocycles. The molecule has 24 heavy (non-hydrogen) atoms. The minimum Gasteiger partial charge on any atom is -0.459 e. The van der Waals surface area contributed by atoms with Crippen LogP contribution < -0.4 is 5.32 Å². The first kappa shape index (κ1) is 16.1. The zero-order valence-electron chi connectivity index (χ0n) is 14.0. The fraction of sp³-hybridized carbons (Fsp3) is 0.333. The summed E-state index contributed by atoms with van der Waals surface area (Å²) in [5.41, 5.74) is 2.20. The summed E-state index contributed by atoms with van der Waals surface area (Å²) in [5, 5.41) is 2.79. The van der Waals surface area contributed by atoms with Gasteiger partial charge in [0.15, 0.2) is 5.76 Å². The van der Waals surface area contributed by atoms with Crippen LogP contribution in [-0.2, 0) is 17.8 Å². The van der Waals surface area contributed by atoms with Crippen LogP contribution in [0.25, 0.3) is 0 Å². The van der Waals surface area contributed by atoms with E-state index >= 15 is 0 Å². The zero-order valence-corrected chi connectivity index (χ0v) is 14.0. The predicted molar refractivity (Wildman–Crippen MR) is 88.6 cm³/mol. The highest BCUT2D eigenvalue weighted by molar-refractivity contribution is 6.02. The van der Waals surface area contributed by atoms with Crippen LogP contribution in [0.3, 0.4) is 0 Å². The summed E-state index contributed by atoms with van der Waals surface area (Å²) in [5.74, 6) is -0.0483. The highest BCUT2D eigenvalue weighted by Crippen LogP contribution is 2.27. The number of ether oxygens (including phenoxy) is 1. The number of carbonyl (C=O) groups is 2. The molecule has 0 aliphatic carbocycles. The molecule has 0 saturated heterocycles. The number of hydrogen-bond acceptors (Lipinski definition) is 4. The van der Waals surface area contributed by atoms with E-state index in [0.717, 1.165) is 11.1 Å². The van der Waals surface area contributed by atoms with Gasteiger partial charge in [-0.2, -0.15) is 0 Å². The van der Waals surface area contributed by atoms with Crippen LogP contribution in [0.5, 0.6) is 0 Å². The van der Waals surface area contributed by atoms with Gasteiger partial charge in [-0.15, -0.1) is 0 Å². The summed E-state index contributed by atoms with van der Waals surface area (Å²) >= 11 is 0. The van der Waals surface area contributed by atoms with Gasteiger partial charge in [0, 0.05) is 18.8 Å². The number of hydrogen-bond donors (Lipinski definition) is 1. The first-order valence-corrected chi connectivity index (χ1v) is 7.76. The maximum atomic E-state index is 12.2. The third kappa shape index (κ3) is 3.59. The average molecular weight is 328 g/mol. The summed E-state index contributed by atoms with van der Waals surface area (Å²) in [7, 11) is 0. The van der Waals surface area contributed by atoms with Crippen molar-refractivity contribution in [3.05, 3.63) is 53.5 Å². The molecule has 0 radical (unpaired) electrons. The number of anilines is 1. The SMILES string of the molecule is CC(C)(C)OC(=O)N1Cc2ccc(NC(=O)c3ccco3)cc2C1. The lowest BCUT2D eigenvalue weighted by Crippen LogP contribution is -2.33. The number of rotatable bonds is 2. The Bertz CT molecular complexity index is 760. The maximum Gasteiger partial charge on any atom is 0.410 e. The summed E-state index contributed by atoms with van der Waals surface area (Å²) in [4.78, 5) is 25.8. The molecule has 2 heterocycles. The minimum atomic E-state index is -0.520. The molecule has 2 aromatic rings. The minimum absolute atomic E-state index is 0.255. The van der Waals surface area contributed by atoms with E-state index in [-0.39, 0.29) is 17.8 Å². The second kappa shape index (κ2) is 6.03. The number of carbonyl (C=O) groups excluding carboxylic acids is 2. The standard InChI is InChI=1S/C18H20N2O4/c1-18(2,3)24-17(22)20-10-12-6-7-14(9-13(12)11-20)19-16(21)15-5-4-8-23-15/h4-9H,10-11H2,1-3H3,(H,19,21). The molecule has 1 N–H and O–H groups in total. The van der Waals surface area contributed by atoms with Gasteiger partial charge in [0.05, 0.1) is 6.26 Å². The molecule has 1 aliphatic rings. The number of fused-ring (bicyclic) bond motifs is 1. The molecular weight excluding hydrogens is 308 g/mol. The van der Waals surface area contributed by atoms with Crippen LogP contribution in [0.15, 0.2) is 41.0 Å². The van der Waals surface area contributed by atoms with Crippen molar-refractivity contribution in [2.45, 2.75) is 39.5 Å². The molecule has 0 bridgehead atoms. The van der Waals surface area contributed by atoms with E-state index in [9.17, 15) is 9.59 Å².